The van der Waals surface area contributed by atoms with Crippen molar-refractivity contribution < 1.29 is 13.9 Å². The van der Waals surface area contributed by atoms with E-state index in [0.717, 1.165) is 18.5 Å². The zero-order chi connectivity index (χ0) is 29.5. The maximum absolute atomic E-state index is 12.6. The first-order valence-electron chi connectivity index (χ1n) is 14.0. The van der Waals surface area contributed by atoms with E-state index in [1.54, 1.807) is 25.3 Å². The number of benzene rings is 4. The van der Waals surface area contributed by atoms with Gasteiger partial charge < -0.3 is 18.8 Å². The number of halogens is 1. The third kappa shape index (κ3) is 6.91. The van der Waals surface area contributed by atoms with Crippen molar-refractivity contribution in [3.05, 3.63) is 136 Å². The van der Waals surface area contributed by atoms with Crippen molar-refractivity contribution in [1.82, 2.24) is 4.90 Å². The van der Waals surface area contributed by atoms with Crippen molar-refractivity contribution in [3.63, 3.8) is 0 Å². The fourth-order valence-electron chi connectivity index (χ4n) is 5.09. The van der Waals surface area contributed by atoms with E-state index in [9.17, 15) is 4.79 Å². The molecule has 5 aromatic rings. The Bertz CT molecular complexity index is 1750. The Hall–Kier alpha value is -4.58. The van der Waals surface area contributed by atoms with Crippen LogP contribution in [0.25, 0.3) is 40.0 Å². The molecular weight excluding hydrogens is 558 g/mol. The number of nitrogens with zero attached hydrogens (tertiary/aromatic N) is 1. The largest absolute Gasteiger partial charge is 0.493 e. The molecule has 0 radical (unpaired) electrons. The van der Waals surface area contributed by atoms with E-state index in [4.69, 9.17) is 13.9 Å². The smallest absolute Gasteiger partial charge is 0.235 e. The van der Waals surface area contributed by atoms with Crippen LogP contribution in [0.4, 0.5) is 0 Å². The third-order valence-electron chi connectivity index (χ3n) is 7.17. The Morgan fingerprint density at radius 1 is 0.744 bits per heavy atom. The normalized spacial score (nSPS) is 11.4. The predicted octanol–water partition coefficient (Wildman–Crippen LogP) is 8.45. The summed E-state index contributed by atoms with van der Waals surface area (Å²) in [6.45, 7) is 1.07. The van der Waals surface area contributed by atoms with E-state index < -0.39 is 0 Å². The minimum Gasteiger partial charge on any atom is -0.493 e. The SMILES string of the molecule is CN(C)CCC=C1c2ccccc2C=Cc2ccccc21.COc1c(-c2ccccc2)oc2c(OC)cccc2c1=O.Cl. The van der Waals surface area contributed by atoms with Gasteiger partial charge in [0.1, 0.15) is 0 Å². The van der Waals surface area contributed by atoms with Crippen LogP contribution in [-0.2, 0) is 0 Å². The summed E-state index contributed by atoms with van der Waals surface area (Å²) < 4.78 is 16.5. The molecule has 0 unspecified atom stereocenters. The third-order valence-corrected chi connectivity index (χ3v) is 7.17. The van der Waals surface area contributed by atoms with Gasteiger partial charge in [0, 0.05) is 12.1 Å². The van der Waals surface area contributed by atoms with Gasteiger partial charge >= 0.3 is 0 Å². The Balaban J connectivity index is 0.000000192. The van der Waals surface area contributed by atoms with E-state index in [2.05, 4.69) is 85.8 Å². The fraction of sp³-hybridized carbons (Fsp3) is 0.162. The lowest BCUT2D eigenvalue weighted by molar-refractivity contribution is 0.391. The first kappa shape index (κ1) is 31.4. The highest BCUT2D eigenvalue weighted by atomic mass is 35.5. The number of hydrogen-bond acceptors (Lipinski definition) is 5. The molecule has 0 N–H and O–H groups in total. The molecule has 1 aliphatic rings. The van der Waals surface area contributed by atoms with Gasteiger partial charge in [0.25, 0.3) is 0 Å². The monoisotopic (exact) mass is 593 g/mol. The Morgan fingerprint density at radius 2 is 1.35 bits per heavy atom. The molecule has 0 amide bonds. The molecule has 5 nitrogen and oxygen atoms in total. The van der Waals surface area contributed by atoms with Crippen LogP contribution in [0.2, 0.25) is 0 Å². The van der Waals surface area contributed by atoms with E-state index >= 15 is 0 Å². The number of para-hydroxylation sites is 1. The molecule has 220 valence electrons. The number of methoxy groups -OCH3 is 2. The van der Waals surface area contributed by atoms with Gasteiger partial charge in [0.15, 0.2) is 17.1 Å². The Kier molecular flexibility index (Phi) is 10.6. The summed E-state index contributed by atoms with van der Waals surface area (Å²) >= 11 is 0. The lowest BCUT2D eigenvalue weighted by Crippen LogP contribution is -2.12. The summed E-state index contributed by atoms with van der Waals surface area (Å²) in [7, 11) is 7.25. The minimum absolute atomic E-state index is 0. The van der Waals surface area contributed by atoms with Crippen LogP contribution in [0, 0.1) is 0 Å². The molecule has 0 aliphatic heterocycles. The average molecular weight is 594 g/mol. The van der Waals surface area contributed by atoms with Crippen molar-refractivity contribution in [2.75, 3.05) is 34.9 Å². The van der Waals surface area contributed by atoms with Crippen LogP contribution < -0.4 is 14.9 Å². The van der Waals surface area contributed by atoms with Crippen molar-refractivity contribution >= 4 is 41.1 Å². The number of rotatable bonds is 6. The first-order chi connectivity index (χ1) is 20.5. The Labute approximate surface area is 259 Å². The molecule has 0 spiro atoms. The molecule has 0 atom stereocenters. The van der Waals surface area contributed by atoms with Crippen LogP contribution in [-0.4, -0.2) is 39.8 Å². The van der Waals surface area contributed by atoms with Crippen molar-refractivity contribution in [2.24, 2.45) is 0 Å². The quantitative estimate of drug-likeness (QED) is 0.194. The molecule has 0 saturated carbocycles. The summed E-state index contributed by atoms with van der Waals surface area (Å²) in [5.41, 5.74) is 7.60. The topological polar surface area (TPSA) is 51.9 Å². The predicted molar refractivity (Wildman–Crippen MR) is 180 cm³/mol. The summed E-state index contributed by atoms with van der Waals surface area (Å²) in [4.78, 5) is 14.8. The molecule has 1 heterocycles. The van der Waals surface area contributed by atoms with Crippen LogP contribution in [0.5, 0.6) is 11.5 Å². The second-order valence-electron chi connectivity index (χ2n) is 10.2. The van der Waals surface area contributed by atoms with Gasteiger partial charge in [-0.3, -0.25) is 4.79 Å². The van der Waals surface area contributed by atoms with Crippen molar-refractivity contribution in [3.8, 4) is 22.8 Å². The zero-order valence-corrected chi connectivity index (χ0v) is 25.7. The number of ether oxygens (including phenoxy) is 2. The fourth-order valence-corrected chi connectivity index (χ4v) is 5.09. The summed E-state index contributed by atoms with van der Waals surface area (Å²) in [6, 6.07) is 31.9. The minimum atomic E-state index is -0.212. The highest BCUT2D eigenvalue weighted by Gasteiger charge is 2.18. The summed E-state index contributed by atoms with van der Waals surface area (Å²) in [5, 5.41) is 0.436. The van der Waals surface area contributed by atoms with Crippen molar-refractivity contribution in [2.45, 2.75) is 6.42 Å². The summed E-state index contributed by atoms with van der Waals surface area (Å²) in [6.07, 6.45) is 7.89. The van der Waals surface area contributed by atoms with E-state index in [-0.39, 0.29) is 23.6 Å². The van der Waals surface area contributed by atoms with Gasteiger partial charge in [0.05, 0.1) is 19.6 Å². The lowest BCUT2D eigenvalue weighted by Gasteiger charge is -2.13. The van der Waals surface area contributed by atoms with Gasteiger partial charge in [-0.05, 0) is 60.5 Å². The van der Waals surface area contributed by atoms with Gasteiger partial charge in [0.2, 0.25) is 11.2 Å². The Morgan fingerprint density at radius 3 is 1.93 bits per heavy atom. The highest BCUT2D eigenvalue weighted by molar-refractivity contribution is 5.93. The summed E-state index contributed by atoms with van der Waals surface area (Å²) in [5.74, 6) is 1.12. The molecule has 43 heavy (non-hydrogen) atoms. The van der Waals surface area contributed by atoms with Crippen LogP contribution in [0.15, 0.2) is 112 Å². The molecule has 1 aliphatic carbocycles. The van der Waals surface area contributed by atoms with Crippen LogP contribution in [0.1, 0.15) is 28.7 Å². The first-order valence-corrected chi connectivity index (χ1v) is 14.0. The maximum Gasteiger partial charge on any atom is 0.235 e. The molecule has 4 aromatic carbocycles. The maximum atomic E-state index is 12.6. The van der Waals surface area contributed by atoms with Gasteiger partial charge in [-0.25, -0.2) is 0 Å². The average Bonchev–Trinajstić information content (AvgIpc) is 3.18. The second-order valence-corrected chi connectivity index (χ2v) is 10.2. The molecule has 1 aromatic heterocycles. The molecule has 0 fully saturated rings. The lowest BCUT2D eigenvalue weighted by atomic mass is 9.93. The molecular formula is C37H36ClNO4. The molecule has 6 heteroatoms. The highest BCUT2D eigenvalue weighted by Crippen LogP contribution is 2.35. The van der Waals surface area contributed by atoms with Gasteiger partial charge in [-0.15, -0.1) is 12.4 Å². The second kappa shape index (κ2) is 14.5. The van der Waals surface area contributed by atoms with E-state index in [0.29, 0.717) is 22.5 Å². The molecule has 0 bridgehead atoms. The number of hydrogen-bond donors (Lipinski definition) is 0. The van der Waals surface area contributed by atoms with E-state index in [1.165, 1.54) is 34.9 Å². The number of fused-ring (bicyclic) bond motifs is 3. The van der Waals surface area contributed by atoms with Crippen LogP contribution >= 0.6 is 12.4 Å². The van der Waals surface area contributed by atoms with Gasteiger partial charge in [-0.2, -0.15) is 0 Å². The van der Waals surface area contributed by atoms with E-state index in [1.807, 2.05) is 30.3 Å². The molecule has 0 saturated heterocycles. The zero-order valence-electron chi connectivity index (χ0n) is 24.9. The standard InChI is InChI=1S/C20H21N.C17H14O4.ClH/c1-21(2)15-7-12-20-18-10-5-3-8-16(18)13-14-17-9-4-6-11-19(17)20;1-19-13-10-6-9-12-14(18)17(20-2)15(21-16(12)13)11-7-4-3-5-8-11;/h3-6,8-14H,7,15H2,1-2H3;3-10H,1-2H3;1H. The molecule has 6 rings (SSSR count). The van der Waals surface area contributed by atoms with Crippen LogP contribution in [0.3, 0.4) is 0 Å². The van der Waals surface area contributed by atoms with Gasteiger partial charge in [-0.1, -0.05) is 103 Å². The van der Waals surface area contributed by atoms with Crippen molar-refractivity contribution in [1.29, 1.82) is 0 Å².